The van der Waals surface area contributed by atoms with Crippen LogP contribution in [0.3, 0.4) is 0 Å². The molecule has 0 radical (unpaired) electrons. The summed E-state index contributed by atoms with van der Waals surface area (Å²) in [5.41, 5.74) is 2.33. The van der Waals surface area contributed by atoms with Crippen LogP contribution < -0.4 is 10.9 Å². The average Bonchev–Trinajstić information content (AvgIpc) is 3.37. The summed E-state index contributed by atoms with van der Waals surface area (Å²) in [5, 5.41) is 16.3. The summed E-state index contributed by atoms with van der Waals surface area (Å²) < 4.78 is 6.51. The Kier molecular flexibility index (Phi) is 8.52. The minimum atomic E-state index is -0.888. The van der Waals surface area contributed by atoms with Gasteiger partial charge in [0.15, 0.2) is 5.13 Å². The number of para-hydroxylation sites is 1. The maximum absolute atomic E-state index is 13.9. The zero-order valence-electron chi connectivity index (χ0n) is 22.0. The van der Waals surface area contributed by atoms with Gasteiger partial charge in [-0.25, -0.2) is 9.78 Å². The lowest BCUT2D eigenvalue weighted by molar-refractivity contribution is 0.0521. The number of hydrogen-bond donors (Lipinski definition) is 2. The third kappa shape index (κ3) is 5.46. The topological polar surface area (TPSA) is 111 Å². The van der Waals surface area contributed by atoms with Crippen molar-refractivity contribution in [2.75, 3.05) is 11.9 Å². The van der Waals surface area contributed by atoms with Crippen LogP contribution in [0.25, 0.3) is 16.9 Å². The number of ether oxygens (including phenoxy) is 1. The summed E-state index contributed by atoms with van der Waals surface area (Å²) in [6.45, 7) is 7.16. The molecule has 0 bridgehead atoms. The fourth-order valence-electron chi connectivity index (χ4n) is 4.44. The van der Waals surface area contributed by atoms with E-state index >= 15 is 0 Å². The van der Waals surface area contributed by atoms with Crippen molar-refractivity contribution in [3.63, 3.8) is 0 Å². The SMILES string of the molecule is CCOC(=O)c1c(O)c(C(=O)Nc2nc(-c3ccc(Cl)cc3)cs2)c(=O)n(-c2c(CC)cccc2CC)c1C. The van der Waals surface area contributed by atoms with Gasteiger partial charge in [-0.2, -0.15) is 0 Å². The molecule has 4 rings (SSSR count). The summed E-state index contributed by atoms with van der Waals surface area (Å²) in [6.07, 6.45) is 1.22. The highest BCUT2D eigenvalue weighted by Crippen LogP contribution is 2.31. The minimum absolute atomic E-state index is 0.0523. The van der Waals surface area contributed by atoms with E-state index in [1.807, 2.05) is 32.0 Å². The van der Waals surface area contributed by atoms with Crippen molar-refractivity contribution in [1.82, 2.24) is 9.55 Å². The number of anilines is 1. The first-order chi connectivity index (χ1) is 18.7. The normalized spacial score (nSPS) is 10.9. The van der Waals surface area contributed by atoms with Gasteiger partial charge in [-0.1, -0.05) is 55.8 Å². The molecule has 2 aromatic heterocycles. The molecule has 1 amide bonds. The van der Waals surface area contributed by atoms with Gasteiger partial charge in [0.2, 0.25) is 0 Å². The largest absolute Gasteiger partial charge is 0.506 e. The maximum atomic E-state index is 13.9. The molecule has 2 heterocycles. The molecule has 0 aliphatic heterocycles. The van der Waals surface area contributed by atoms with Gasteiger partial charge < -0.3 is 9.84 Å². The first kappa shape index (κ1) is 28.1. The molecule has 0 aliphatic carbocycles. The van der Waals surface area contributed by atoms with E-state index in [9.17, 15) is 19.5 Å². The fourth-order valence-corrected chi connectivity index (χ4v) is 5.28. The van der Waals surface area contributed by atoms with Gasteiger partial charge in [-0.15, -0.1) is 11.3 Å². The smallest absolute Gasteiger partial charge is 0.343 e. The van der Waals surface area contributed by atoms with Crippen molar-refractivity contribution in [1.29, 1.82) is 0 Å². The Morgan fingerprint density at radius 1 is 1.05 bits per heavy atom. The monoisotopic (exact) mass is 565 g/mol. The Hall–Kier alpha value is -3.95. The second kappa shape index (κ2) is 11.8. The summed E-state index contributed by atoms with van der Waals surface area (Å²) in [5.74, 6) is -2.45. The summed E-state index contributed by atoms with van der Waals surface area (Å²) in [4.78, 5) is 44.8. The average molecular weight is 566 g/mol. The first-order valence-electron chi connectivity index (χ1n) is 12.5. The predicted octanol–water partition coefficient (Wildman–Crippen LogP) is 6.18. The molecule has 39 heavy (non-hydrogen) atoms. The van der Waals surface area contributed by atoms with Gasteiger partial charge in [0.25, 0.3) is 11.5 Å². The molecule has 0 unspecified atom stereocenters. The van der Waals surface area contributed by atoms with Crippen LogP contribution in [-0.4, -0.2) is 33.1 Å². The van der Waals surface area contributed by atoms with Crippen LogP contribution >= 0.6 is 22.9 Å². The highest BCUT2D eigenvalue weighted by atomic mass is 35.5. The molecule has 0 fully saturated rings. The molecule has 2 N–H and O–H groups in total. The quantitative estimate of drug-likeness (QED) is 0.247. The van der Waals surface area contributed by atoms with Crippen LogP contribution in [0.1, 0.15) is 58.3 Å². The highest BCUT2D eigenvalue weighted by Gasteiger charge is 2.30. The zero-order valence-corrected chi connectivity index (χ0v) is 23.6. The number of benzene rings is 2. The van der Waals surface area contributed by atoms with Gasteiger partial charge in [0, 0.05) is 21.7 Å². The number of halogens is 1. The second-order valence-electron chi connectivity index (χ2n) is 8.68. The number of aromatic nitrogens is 2. The number of carbonyl (C=O) groups excluding carboxylic acids is 2. The van der Waals surface area contributed by atoms with E-state index in [1.165, 1.54) is 4.57 Å². The number of thiazole rings is 1. The van der Waals surface area contributed by atoms with Crippen LogP contribution in [-0.2, 0) is 17.6 Å². The number of nitrogens with one attached hydrogen (secondary N) is 1. The Bertz CT molecular complexity index is 1590. The Morgan fingerprint density at radius 2 is 1.69 bits per heavy atom. The molecule has 0 spiro atoms. The van der Waals surface area contributed by atoms with Crippen molar-refractivity contribution in [3.05, 3.63) is 91.2 Å². The van der Waals surface area contributed by atoms with E-state index in [0.29, 0.717) is 29.2 Å². The van der Waals surface area contributed by atoms with Crippen molar-refractivity contribution >= 4 is 39.9 Å². The van der Waals surface area contributed by atoms with E-state index in [1.54, 1.807) is 43.5 Å². The predicted molar refractivity (Wildman–Crippen MR) is 154 cm³/mol. The molecule has 2 aromatic carbocycles. The molecule has 10 heteroatoms. The molecular formula is C29H28ClN3O5S. The molecule has 0 saturated carbocycles. The third-order valence-electron chi connectivity index (χ3n) is 6.35. The van der Waals surface area contributed by atoms with Crippen LogP contribution in [0.15, 0.2) is 52.6 Å². The fraction of sp³-hybridized carbons (Fsp3) is 0.241. The van der Waals surface area contributed by atoms with Crippen LogP contribution in [0.4, 0.5) is 5.13 Å². The lowest BCUT2D eigenvalue weighted by Crippen LogP contribution is -2.33. The maximum Gasteiger partial charge on any atom is 0.343 e. The summed E-state index contributed by atoms with van der Waals surface area (Å²) in [6, 6.07) is 12.8. The van der Waals surface area contributed by atoms with E-state index in [2.05, 4.69) is 10.3 Å². The lowest BCUT2D eigenvalue weighted by Gasteiger charge is -2.21. The molecule has 0 atom stereocenters. The molecular weight excluding hydrogens is 538 g/mol. The zero-order chi connectivity index (χ0) is 28.3. The molecule has 0 saturated heterocycles. The van der Waals surface area contributed by atoms with E-state index in [0.717, 1.165) is 28.0 Å². The van der Waals surface area contributed by atoms with E-state index < -0.39 is 28.7 Å². The Labute approximate surface area is 234 Å². The number of carbonyl (C=O) groups is 2. The Balaban J connectivity index is 1.87. The third-order valence-corrected chi connectivity index (χ3v) is 7.36. The van der Waals surface area contributed by atoms with E-state index in [-0.39, 0.29) is 23.0 Å². The standard InChI is InChI=1S/C29H28ClN3O5S/c1-5-17-9-8-10-18(6-2)24(17)33-16(4)22(28(37)38-7-3)25(34)23(27(33)36)26(35)32-29-31-21(15-39-29)19-11-13-20(30)14-12-19/h8-15,34H,5-7H2,1-4H3,(H,31,32,35). The number of aryl methyl sites for hydroxylation is 2. The van der Waals surface area contributed by atoms with Crippen molar-refractivity contribution in [2.45, 2.75) is 40.5 Å². The van der Waals surface area contributed by atoms with Gasteiger partial charge in [0.1, 0.15) is 16.9 Å². The van der Waals surface area contributed by atoms with Gasteiger partial charge in [0.05, 0.1) is 18.0 Å². The number of aromatic hydroxyl groups is 1. The number of nitrogens with zero attached hydrogens (tertiary/aromatic N) is 2. The van der Waals surface area contributed by atoms with Gasteiger partial charge in [-0.05, 0) is 49.9 Å². The highest BCUT2D eigenvalue weighted by molar-refractivity contribution is 7.14. The molecule has 8 nitrogen and oxygen atoms in total. The number of esters is 1. The number of amides is 1. The van der Waals surface area contributed by atoms with Crippen LogP contribution in [0, 0.1) is 6.92 Å². The lowest BCUT2D eigenvalue weighted by atomic mass is 10.0. The minimum Gasteiger partial charge on any atom is -0.506 e. The van der Waals surface area contributed by atoms with Crippen molar-refractivity contribution in [2.24, 2.45) is 0 Å². The second-order valence-corrected chi connectivity index (χ2v) is 9.97. The molecule has 4 aromatic rings. The first-order valence-corrected chi connectivity index (χ1v) is 13.8. The molecule has 0 aliphatic rings. The number of rotatable bonds is 8. The van der Waals surface area contributed by atoms with Crippen LogP contribution in [0.5, 0.6) is 5.75 Å². The van der Waals surface area contributed by atoms with Crippen molar-refractivity contribution < 1.29 is 19.4 Å². The van der Waals surface area contributed by atoms with Gasteiger partial charge in [-0.3, -0.25) is 19.5 Å². The Morgan fingerprint density at radius 3 is 2.28 bits per heavy atom. The van der Waals surface area contributed by atoms with E-state index in [4.69, 9.17) is 16.3 Å². The summed E-state index contributed by atoms with van der Waals surface area (Å²) in [7, 11) is 0. The molecule has 202 valence electrons. The van der Waals surface area contributed by atoms with Gasteiger partial charge >= 0.3 is 5.97 Å². The van der Waals surface area contributed by atoms with Crippen LogP contribution in [0.2, 0.25) is 5.02 Å². The summed E-state index contributed by atoms with van der Waals surface area (Å²) >= 11 is 7.13. The number of hydrogen-bond acceptors (Lipinski definition) is 7. The number of pyridine rings is 1. The van der Waals surface area contributed by atoms with Crippen molar-refractivity contribution in [3.8, 4) is 22.7 Å².